The summed E-state index contributed by atoms with van der Waals surface area (Å²) in [5.74, 6) is -1.16. The molecule has 1 saturated heterocycles. The van der Waals surface area contributed by atoms with Gasteiger partial charge in [-0.2, -0.15) is 0 Å². The number of anilines is 1. The highest BCUT2D eigenvalue weighted by atomic mass is 35.5. The lowest BCUT2D eigenvalue weighted by molar-refractivity contribution is -0.123. The molecule has 3 amide bonds. The summed E-state index contributed by atoms with van der Waals surface area (Å²) in [5, 5.41) is 0.142. The number of benzene rings is 1. The Morgan fingerprint density at radius 1 is 1.14 bits per heavy atom. The molecule has 2 bridgehead atoms. The second-order valence-corrected chi connectivity index (χ2v) is 6.45. The van der Waals surface area contributed by atoms with Gasteiger partial charge in [0, 0.05) is 0 Å². The molecule has 2 fully saturated rings. The van der Waals surface area contributed by atoms with Crippen LogP contribution in [-0.2, 0) is 9.59 Å². The van der Waals surface area contributed by atoms with Gasteiger partial charge in [0.15, 0.2) is 0 Å². The van der Waals surface area contributed by atoms with Gasteiger partial charge in [0.25, 0.3) is 0 Å². The molecule has 0 aromatic heterocycles. The summed E-state index contributed by atoms with van der Waals surface area (Å²) in [7, 11) is 0. The zero-order chi connectivity index (χ0) is 15.6. The first-order chi connectivity index (χ1) is 10.5. The maximum absolute atomic E-state index is 12.7. The van der Waals surface area contributed by atoms with Crippen molar-refractivity contribution in [2.75, 3.05) is 4.90 Å². The minimum Gasteiger partial charge on any atom is -0.366 e. The average Bonchev–Trinajstić information content (AvgIpc) is 3.12. The first-order valence-corrected chi connectivity index (χ1v) is 7.52. The van der Waals surface area contributed by atoms with E-state index in [-0.39, 0.29) is 46.1 Å². The average molecular weight is 317 g/mol. The van der Waals surface area contributed by atoms with Crippen molar-refractivity contribution >= 4 is 35.0 Å². The van der Waals surface area contributed by atoms with Crippen LogP contribution in [0.3, 0.4) is 0 Å². The lowest BCUT2D eigenvalue weighted by atomic mass is 9.85. The molecular weight excluding hydrogens is 304 g/mol. The molecular formula is C16H13ClN2O3. The van der Waals surface area contributed by atoms with Gasteiger partial charge >= 0.3 is 0 Å². The van der Waals surface area contributed by atoms with Gasteiger partial charge in [0.05, 0.1) is 28.1 Å². The molecule has 0 radical (unpaired) electrons. The van der Waals surface area contributed by atoms with E-state index in [1.807, 2.05) is 12.2 Å². The Kier molecular flexibility index (Phi) is 2.72. The predicted molar refractivity (Wildman–Crippen MR) is 80.2 cm³/mol. The second-order valence-electron chi connectivity index (χ2n) is 6.04. The van der Waals surface area contributed by atoms with E-state index in [1.54, 1.807) is 0 Å². The van der Waals surface area contributed by atoms with Crippen molar-refractivity contribution in [3.8, 4) is 0 Å². The van der Waals surface area contributed by atoms with E-state index in [0.29, 0.717) is 5.69 Å². The van der Waals surface area contributed by atoms with Crippen molar-refractivity contribution < 1.29 is 14.4 Å². The van der Waals surface area contributed by atoms with Gasteiger partial charge < -0.3 is 5.73 Å². The Morgan fingerprint density at radius 2 is 1.73 bits per heavy atom. The maximum Gasteiger partial charge on any atom is 0.250 e. The van der Waals surface area contributed by atoms with Crippen LogP contribution >= 0.6 is 11.6 Å². The summed E-state index contributed by atoms with van der Waals surface area (Å²) in [6.45, 7) is 0. The number of rotatable bonds is 2. The number of carbonyl (C=O) groups excluding carboxylic acids is 3. The van der Waals surface area contributed by atoms with Gasteiger partial charge in [-0.25, -0.2) is 4.90 Å². The zero-order valence-electron chi connectivity index (χ0n) is 11.5. The Bertz CT molecular complexity index is 728. The van der Waals surface area contributed by atoms with E-state index in [1.165, 1.54) is 23.1 Å². The number of fused-ring (bicyclic) bond motifs is 5. The topological polar surface area (TPSA) is 80.5 Å². The molecule has 22 heavy (non-hydrogen) atoms. The predicted octanol–water partition coefficient (Wildman–Crippen LogP) is 1.75. The van der Waals surface area contributed by atoms with E-state index in [2.05, 4.69) is 0 Å². The lowest BCUT2D eigenvalue weighted by Gasteiger charge is -2.18. The Morgan fingerprint density at radius 3 is 2.23 bits per heavy atom. The van der Waals surface area contributed by atoms with Crippen LogP contribution < -0.4 is 10.6 Å². The molecule has 1 aliphatic heterocycles. The van der Waals surface area contributed by atoms with Gasteiger partial charge in [-0.1, -0.05) is 23.8 Å². The number of hydrogen-bond donors (Lipinski definition) is 1. The highest BCUT2D eigenvalue weighted by Crippen LogP contribution is 2.53. The zero-order valence-corrected chi connectivity index (χ0v) is 12.3. The molecule has 2 N–H and O–H groups in total. The third-order valence-corrected chi connectivity index (χ3v) is 5.26. The highest BCUT2D eigenvalue weighted by Gasteiger charge is 2.59. The van der Waals surface area contributed by atoms with Gasteiger partial charge in [-0.3, -0.25) is 14.4 Å². The van der Waals surface area contributed by atoms with Crippen LogP contribution in [0.4, 0.5) is 5.69 Å². The van der Waals surface area contributed by atoms with E-state index >= 15 is 0 Å². The van der Waals surface area contributed by atoms with E-state index in [4.69, 9.17) is 17.3 Å². The Balaban J connectivity index is 1.73. The fourth-order valence-electron chi connectivity index (χ4n) is 4.00. The van der Waals surface area contributed by atoms with Crippen molar-refractivity contribution in [3.63, 3.8) is 0 Å². The van der Waals surface area contributed by atoms with Gasteiger partial charge in [0.1, 0.15) is 0 Å². The van der Waals surface area contributed by atoms with Gasteiger partial charge in [-0.15, -0.1) is 0 Å². The van der Waals surface area contributed by atoms with Crippen LogP contribution in [0.2, 0.25) is 5.02 Å². The smallest absolute Gasteiger partial charge is 0.250 e. The molecule has 0 spiro atoms. The summed E-state index contributed by atoms with van der Waals surface area (Å²) < 4.78 is 0. The maximum atomic E-state index is 12.7. The second kappa shape index (κ2) is 4.43. The molecule has 4 atom stereocenters. The molecule has 3 aliphatic rings. The van der Waals surface area contributed by atoms with Crippen molar-refractivity contribution in [1.29, 1.82) is 0 Å². The molecule has 1 aromatic rings. The van der Waals surface area contributed by atoms with Crippen molar-refractivity contribution in [2.45, 2.75) is 6.42 Å². The summed E-state index contributed by atoms with van der Waals surface area (Å²) in [6, 6.07) is 4.44. The number of imide groups is 1. The largest absolute Gasteiger partial charge is 0.366 e. The molecule has 2 aliphatic carbocycles. The number of carbonyl (C=O) groups is 3. The fourth-order valence-corrected chi connectivity index (χ4v) is 4.27. The number of allylic oxidation sites excluding steroid dienone is 2. The van der Waals surface area contributed by atoms with Crippen LogP contribution in [0.1, 0.15) is 16.8 Å². The number of primary amides is 1. The van der Waals surface area contributed by atoms with Crippen molar-refractivity contribution in [1.82, 2.24) is 0 Å². The first kappa shape index (κ1) is 13.5. The Hall–Kier alpha value is -2.14. The van der Waals surface area contributed by atoms with E-state index < -0.39 is 5.91 Å². The molecule has 4 unspecified atom stereocenters. The summed E-state index contributed by atoms with van der Waals surface area (Å²) in [6.07, 6.45) is 4.98. The number of nitrogens with two attached hydrogens (primary N) is 1. The van der Waals surface area contributed by atoms with Crippen LogP contribution in [0, 0.1) is 23.7 Å². The van der Waals surface area contributed by atoms with Crippen LogP contribution in [0.5, 0.6) is 0 Å². The molecule has 5 nitrogen and oxygen atoms in total. The van der Waals surface area contributed by atoms with Crippen molar-refractivity contribution in [3.05, 3.63) is 40.9 Å². The Labute approximate surface area is 131 Å². The first-order valence-electron chi connectivity index (χ1n) is 7.14. The fraction of sp³-hybridized carbons (Fsp3) is 0.312. The third kappa shape index (κ3) is 1.63. The quantitative estimate of drug-likeness (QED) is 0.666. The monoisotopic (exact) mass is 316 g/mol. The molecule has 4 rings (SSSR count). The third-order valence-electron chi connectivity index (χ3n) is 4.95. The highest BCUT2D eigenvalue weighted by molar-refractivity contribution is 6.34. The normalized spacial score (nSPS) is 32.0. The van der Waals surface area contributed by atoms with Gasteiger partial charge in [0.2, 0.25) is 17.7 Å². The summed E-state index contributed by atoms with van der Waals surface area (Å²) in [5.41, 5.74) is 5.79. The van der Waals surface area contributed by atoms with Gasteiger partial charge in [-0.05, 0) is 36.5 Å². The summed E-state index contributed by atoms with van der Waals surface area (Å²) >= 11 is 6.03. The van der Waals surface area contributed by atoms with E-state index in [9.17, 15) is 14.4 Å². The number of halogens is 1. The molecule has 1 heterocycles. The lowest BCUT2D eigenvalue weighted by Crippen LogP contribution is -2.32. The van der Waals surface area contributed by atoms with Crippen LogP contribution in [0.15, 0.2) is 30.4 Å². The minimum absolute atomic E-state index is 0.142. The van der Waals surface area contributed by atoms with Crippen molar-refractivity contribution in [2.24, 2.45) is 29.4 Å². The number of amides is 3. The van der Waals surface area contributed by atoms with Crippen LogP contribution in [-0.4, -0.2) is 17.7 Å². The molecule has 112 valence electrons. The molecule has 1 aromatic carbocycles. The number of nitrogens with zero attached hydrogens (tertiary/aromatic N) is 1. The summed E-state index contributed by atoms with van der Waals surface area (Å²) in [4.78, 5) is 37.7. The number of hydrogen-bond acceptors (Lipinski definition) is 3. The molecule has 6 heteroatoms. The minimum atomic E-state index is -0.644. The van der Waals surface area contributed by atoms with E-state index in [0.717, 1.165) is 6.42 Å². The van der Waals surface area contributed by atoms with Crippen LogP contribution in [0.25, 0.3) is 0 Å². The standard InChI is InChI=1S/C16H13ClN2O3/c17-11-6-9(3-4-10(11)14(18)20)19-15(21)12-7-1-2-8(5-7)13(12)16(19)22/h1-4,6-8,12-13H,5H2,(H2,18,20). The molecule has 1 saturated carbocycles. The SMILES string of the molecule is NC(=O)c1ccc(N2C(=O)C3C4C=CC(C4)C3C2=O)cc1Cl.